The number of aromatic nitrogens is 1. The van der Waals surface area contributed by atoms with Gasteiger partial charge in [0.05, 0.1) is 12.8 Å². The Morgan fingerprint density at radius 3 is 2.81 bits per heavy atom. The van der Waals surface area contributed by atoms with E-state index in [1.54, 1.807) is 18.4 Å². The zero-order valence-electron chi connectivity index (χ0n) is 15.9. The number of carbonyl (C=O) groups is 1. The van der Waals surface area contributed by atoms with Crippen LogP contribution in [-0.4, -0.2) is 17.5 Å². The van der Waals surface area contributed by atoms with Gasteiger partial charge in [-0.2, -0.15) is 5.26 Å². The van der Waals surface area contributed by atoms with Crippen molar-refractivity contribution < 1.29 is 13.9 Å². The molecule has 2 heterocycles. The predicted molar refractivity (Wildman–Crippen MR) is 100 cm³/mol. The number of ether oxygens (including phenoxy) is 1. The molecule has 1 amide bonds. The van der Waals surface area contributed by atoms with E-state index in [2.05, 4.69) is 30.2 Å². The first-order chi connectivity index (χ1) is 13.1. The van der Waals surface area contributed by atoms with Crippen molar-refractivity contribution in [1.29, 1.82) is 5.26 Å². The third-order valence-corrected chi connectivity index (χ3v) is 4.66. The number of nitrogens with one attached hydrogen (secondary N) is 1. The standard InChI is InChI=1S/C21H25N3O3/c1-14(2)10-19-17-8-4-3-7-16(17)18(11-22)21(24-19)27-13-20(25)23-12-15-6-5-9-26-15/h5-6,9,14H,3-4,7-8,10,12-13H2,1-2H3,(H,23,25). The van der Waals surface area contributed by atoms with Gasteiger partial charge in [0.15, 0.2) is 6.61 Å². The molecule has 1 N–H and O–H groups in total. The minimum absolute atomic E-state index is 0.178. The van der Waals surface area contributed by atoms with Crippen LogP contribution in [0.1, 0.15) is 54.8 Å². The van der Waals surface area contributed by atoms with E-state index in [1.165, 1.54) is 5.56 Å². The minimum atomic E-state index is -0.278. The molecule has 0 saturated carbocycles. The van der Waals surface area contributed by atoms with Gasteiger partial charge in [0.1, 0.15) is 17.4 Å². The Bertz CT molecular complexity index is 835. The number of pyridine rings is 1. The summed E-state index contributed by atoms with van der Waals surface area (Å²) >= 11 is 0. The molecule has 1 aliphatic carbocycles. The lowest BCUT2D eigenvalue weighted by atomic mass is 9.86. The summed E-state index contributed by atoms with van der Waals surface area (Å²) in [5.41, 5.74) is 3.75. The number of amides is 1. The van der Waals surface area contributed by atoms with Gasteiger partial charge in [-0.1, -0.05) is 13.8 Å². The van der Waals surface area contributed by atoms with Crippen molar-refractivity contribution in [3.05, 3.63) is 46.5 Å². The van der Waals surface area contributed by atoms with Crippen LogP contribution in [0.5, 0.6) is 5.88 Å². The smallest absolute Gasteiger partial charge is 0.258 e. The quantitative estimate of drug-likeness (QED) is 0.811. The van der Waals surface area contributed by atoms with Gasteiger partial charge in [-0.15, -0.1) is 0 Å². The van der Waals surface area contributed by atoms with Crippen LogP contribution in [-0.2, 0) is 30.6 Å². The van der Waals surface area contributed by atoms with Crippen molar-refractivity contribution in [3.63, 3.8) is 0 Å². The normalized spacial score (nSPS) is 13.1. The zero-order valence-corrected chi connectivity index (χ0v) is 15.9. The molecule has 1 aliphatic rings. The molecule has 2 aromatic rings. The van der Waals surface area contributed by atoms with Crippen LogP contribution in [0.3, 0.4) is 0 Å². The molecule has 3 rings (SSSR count). The topological polar surface area (TPSA) is 88.2 Å². The first-order valence-electron chi connectivity index (χ1n) is 9.45. The van der Waals surface area contributed by atoms with Gasteiger partial charge in [-0.05, 0) is 61.3 Å². The first-order valence-corrected chi connectivity index (χ1v) is 9.45. The molecule has 6 heteroatoms. The lowest BCUT2D eigenvalue weighted by Gasteiger charge is -2.22. The second-order valence-corrected chi connectivity index (χ2v) is 7.26. The van der Waals surface area contributed by atoms with Gasteiger partial charge >= 0.3 is 0 Å². The summed E-state index contributed by atoms with van der Waals surface area (Å²) in [5, 5.41) is 12.4. The summed E-state index contributed by atoms with van der Waals surface area (Å²) in [6, 6.07) is 5.81. The fourth-order valence-corrected chi connectivity index (χ4v) is 3.43. The van der Waals surface area contributed by atoms with Crippen molar-refractivity contribution in [1.82, 2.24) is 10.3 Å². The molecule has 0 fully saturated rings. The number of rotatable bonds is 7. The van der Waals surface area contributed by atoms with Gasteiger partial charge in [0.2, 0.25) is 5.88 Å². The molecule has 0 unspecified atom stereocenters. The van der Waals surface area contributed by atoms with E-state index in [-0.39, 0.29) is 18.4 Å². The summed E-state index contributed by atoms with van der Waals surface area (Å²) in [4.78, 5) is 16.7. The molecular formula is C21H25N3O3. The maximum atomic E-state index is 12.1. The molecular weight excluding hydrogens is 342 g/mol. The molecule has 27 heavy (non-hydrogen) atoms. The zero-order chi connectivity index (χ0) is 19.2. The summed E-state index contributed by atoms with van der Waals surface area (Å²) in [5.74, 6) is 1.13. The van der Waals surface area contributed by atoms with Crippen molar-refractivity contribution in [2.24, 2.45) is 5.92 Å². The van der Waals surface area contributed by atoms with Gasteiger partial charge in [-0.25, -0.2) is 4.98 Å². The van der Waals surface area contributed by atoms with E-state index in [0.717, 1.165) is 43.4 Å². The molecule has 142 valence electrons. The Morgan fingerprint density at radius 2 is 2.15 bits per heavy atom. The van der Waals surface area contributed by atoms with Gasteiger partial charge in [0, 0.05) is 5.69 Å². The summed E-state index contributed by atoms with van der Waals surface area (Å²) in [6.45, 7) is 4.42. The van der Waals surface area contributed by atoms with Crippen LogP contribution in [0, 0.1) is 17.2 Å². The Balaban J connectivity index is 1.75. The lowest BCUT2D eigenvalue weighted by Crippen LogP contribution is -2.29. The van der Waals surface area contributed by atoms with Crippen molar-refractivity contribution >= 4 is 5.91 Å². The highest BCUT2D eigenvalue weighted by Crippen LogP contribution is 2.32. The number of furan rings is 1. The predicted octanol–water partition coefficient (Wildman–Crippen LogP) is 3.32. The summed E-state index contributed by atoms with van der Waals surface area (Å²) < 4.78 is 10.9. The van der Waals surface area contributed by atoms with E-state index in [9.17, 15) is 10.1 Å². The Labute approximate surface area is 159 Å². The number of fused-ring (bicyclic) bond motifs is 1. The van der Waals surface area contributed by atoms with E-state index in [4.69, 9.17) is 9.15 Å². The molecule has 0 aromatic carbocycles. The highest BCUT2D eigenvalue weighted by atomic mass is 16.5. The highest BCUT2D eigenvalue weighted by molar-refractivity contribution is 5.77. The summed E-state index contributed by atoms with van der Waals surface area (Å²) in [6.07, 6.45) is 6.42. The van der Waals surface area contributed by atoms with Crippen LogP contribution in [0.4, 0.5) is 0 Å². The Morgan fingerprint density at radius 1 is 1.37 bits per heavy atom. The van der Waals surface area contributed by atoms with Gasteiger partial charge < -0.3 is 14.5 Å². The maximum absolute atomic E-state index is 12.1. The SMILES string of the molecule is CC(C)Cc1nc(OCC(=O)NCc2ccco2)c(C#N)c2c1CCCC2. The van der Waals surface area contributed by atoms with Gasteiger partial charge in [-0.3, -0.25) is 4.79 Å². The first kappa shape index (κ1) is 19.0. The average molecular weight is 367 g/mol. The van der Waals surface area contributed by atoms with Crippen molar-refractivity contribution in [2.75, 3.05) is 6.61 Å². The number of carbonyl (C=O) groups excluding carboxylic acids is 1. The second-order valence-electron chi connectivity index (χ2n) is 7.26. The second kappa shape index (κ2) is 8.72. The third kappa shape index (κ3) is 4.68. The molecule has 0 atom stereocenters. The van der Waals surface area contributed by atoms with E-state index in [1.807, 2.05) is 0 Å². The molecule has 0 aliphatic heterocycles. The molecule has 6 nitrogen and oxygen atoms in total. The van der Waals surface area contributed by atoms with E-state index >= 15 is 0 Å². The Hall–Kier alpha value is -2.81. The monoisotopic (exact) mass is 367 g/mol. The van der Waals surface area contributed by atoms with Crippen LogP contribution < -0.4 is 10.1 Å². The van der Waals surface area contributed by atoms with Gasteiger partial charge in [0.25, 0.3) is 5.91 Å². The van der Waals surface area contributed by atoms with Crippen molar-refractivity contribution in [2.45, 2.75) is 52.5 Å². The molecule has 0 bridgehead atoms. The largest absolute Gasteiger partial charge is 0.467 e. The van der Waals surface area contributed by atoms with E-state index in [0.29, 0.717) is 23.8 Å². The number of hydrogen-bond donors (Lipinski definition) is 1. The number of hydrogen-bond acceptors (Lipinski definition) is 5. The molecule has 0 radical (unpaired) electrons. The van der Waals surface area contributed by atoms with Crippen LogP contribution >= 0.6 is 0 Å². The fraction of sp³-hybridized carbons (Fsp3) is 0.476. The third-order valence-electron chi connectivity index (χ3n) is 4.66. The van der Waals surface area contributed by atoms with Crippen molar-refractivity contribution in [3.8, 4) is 11.9 Å². The molecule has 0 saturated heterocycles. The van der Waals surface area contributed by atoms with Crippen LogP contribution in [0.2, 0.25) is 0 Å². The lowest BCUT2D eigenvalue weighted by molar-refractivity contribution is -0.123. The average Bonchev–Trinajstić information content (AvgIpc) is 3.18. The minimum Gasteiger partial charge on any atom is -0.467 e. The maximum Gasteiger partial charge on any atom is 0.258 e. The highest BCUT2D eigenvalue weighted by Gasteiger charge is 2.23. The Kier molecular flexibility index (Phi) is 6.12. The molecule has 2 aromatic heterocycles. The van der Waals surface area contributed by atoms with E-state index < -0.39 is 0 Å². The van der Waals surface area contributed by atoms with Crippen LogP contribution in [0.15, 0.2) is 22.8 Å². The number of nitriles is 1. The molecule has 0 spiro atoms. The fourth-order valence-electron chi connectivity index (χ4n) is 3.43. The number of nitrogens with zero attached hydrogens (tertiary/aromatic N) is 2. The van der Waals surface area contributed by atoms with Crippen LogP contribution in [0.25, 0.3) is 0 Å². The summed E-state index contributed by atoms with van der Waals surface area (Å²) in [7, 11) is 0.